The minimum Gasteiger partial charge on any atom is -0.377 e. The fourth-order valence-corrected chi connectivity index (χ4v) is 2.36. The number of aromatic nitrogens is 4. The van der Waals surface area contributed by atoms with Crippen molar-refractivity contribution in [1.29, 1.82) is 0 Å². The number of anilines is 1. The third kappa shape index (κ3) is 2.76. The van der Waals surface area contributed by atoms with Gasteiger partial charge >= 0.3 is 0 Å². The molecule has 2 heterocycles. The minimum absolute atomic E-state index is 0.659. The maximum absolute atomic E-state index is 6.29. The molecule has 6 heteroatoms. The number of hydrogen-bond acceptors (Lipinski definition) is 3. The van der Waals surface area contributed by atoms with Crippen molar-refractivity contribution in [2.45, 2.75) is 40.3 Å². The van der Waals surface area contributed by atoms with Crippen LogP contribution in [-0.4, -0.2) is 19.6 Å². The van der Waals surface area contributed by atoms with Gasteiger partial charge in [-0.2, -0.15) is 10.2 Å². The van der Waals surface area contributed by atoms with E-state index in [1.165, 1.54) is 0 Å². The largest absolute Gasteiger partial charge is 0.377 e. The number of aryl methyl sites for hydroxylation is 4. The first-order valence-corrected chi connectivity index (χ1v) is 6.92. The maximum Gasteiger partial charge on any atom is 0.0865 e. The van der Waals surface area contributed by atoms with Crippen LogP contribution in [0, 0.1) is 6.92 Å². The molecule has 0 aromatic carbocycles. The quantitative estimate of drug-likeness (QED) is 0.917. The van der Waals surface area contributed by atoms with E-state index in [2.05, 4.69) is 29.4 Å². The lowest BCUT2D eigenvalue weighted by Gasteiger charge is -2.08. The summed E-state index contributed by atoms with van der Waals surface area (Å²) in [5, 5.41) is 13.0. The summed E-state index contributed by atoms with van der Waals surface area (Å²) in [4.78, 5) is 0. The Hall–Kier alpha value is -1.49. The number of halogens is 1. The highest BCUT2D eigenvalue weighted by molar-refractivity contribution is 6.31. The second kappa shape index (κ2) is 5.65. The van der Waals surface area contributed by atoms with Crippen LogP contribution in [0.5, 0.6) is 0 Å². The number of nitrogens with zero attached hydrogens (tertiary/aromatic N) is 4. The summed E-state index contributed by atoms with van der Waals surface area (Å²) in [6.07, 6.45) is 2.90. The highest BCUT2D eigenvalue weighted by Crippen LogP contribution is 2.22. The molecule has 0 aliphatic rings. The molecule has 0 unspecified atom stereocenters. The molecule has 0 aliphatic heterocycles. The molecule has 2 aromatic heterocycles. The van der Waals surface area contributed by atoms with Crippen molar-refractivity contribution in [2.75, 3.05) is 5.32 Å². The van der Waals surface area contributed by atoms with Crippen LogP contribution in [0.4, 0.5) is 5.69 Å². The topological polar surface area (TPSA) is 47.7 Å². The van der Waals surface area contributed by atoms with Gasteiger partial charge in [-0.05, 0) is 20.3 Å². The van der Waals surface area contributed by atoms with Crippen LogP contribution >= 0.6 is 11.6 Å². The molecule has 0 saturated carbocycles. The van der Waals surface area contributed by atoms with Crippen LogP contribution < -0.4 is 5.32 Å². The van der Waals surface area contributed by atoms with Gasteiger partial charge in [0, 0.05) is 19.8 Å². The van der Waals surface area contributed by atoms with Crippen molar-refractivity contribution >= 4 is 17.3 Å². The van der Waals surface area contributed by atoms with Gasteiger partial charge < -0.3 is 5.32 Å². The predicted octanol–water partition coefficient (Wildman–Crippen LogP) is 2.77. The molecule has 2 aromatic rings. The summed E-state index contributed by atoms with van der Waals surface area (Å²) >= 11 is 6.29. The molecular formula is C13H20ClN5. The average Bonchev–Trinajstić information content (AvgIpc) is 2.88. The second-order valence-corrected chi connectivity index (χ2v) is 4.91. The highest BCUT2D eigenvalue weighted by Gasteiger charge is 2.13. The van der Waals surface area contributed by atoms with E-state index in [1.54, 1.807) is 0 Å². The standard InChI is InChI=1S/C13H20ClN5/c1-5-10-11(8-18(4)17-10)15-7-12-13(14)9(3)16-19(12)6-2/h8,15H,5-7H2,1-4H3. The van der Waals surface area contributed by atoms with Crippen LogP contribution in [0.2, 0.25) is 5.02 Å². The Kier molecular flexibility index (Phi) is 4.14. The summed E-state index contributed by atoms with van der Waals surface area (Å²) in [5.74, 6) is 0. The molecule has 0 aliphatic carbocycles. The minimum atomic E-state index is 0.659. The van der Waals surface area contributed by atoms with E-state index in [0.29, 0.717) is 6.54 Å². The highest BCUT2D eigenvalue weighted by atomic mass is 35.5. The third-order valence-corrected chi connectivity index (χ3v) is 3.63. The summed E-state index contributed by atoms with van der Waals surface area (Å²) < 4.78 is 3.76. The predicted molar refractivity (Wildman–Crippen MR) is 77.6 cm³/mol. The normalized spacial score (nSPS) is 11.0. The lowest BCUT2D eigenvalue weighted by Crippen LogP contribution is -2.08. The van der Waals surface area contributed by atoms with Gasteiger partial charge in [-0.15, -0.1) is 0 Å². The number of nitrogens with one attached hydrogen (secondary N) is 1. The van der Waals surface area contributed by atoms with Crippen molar-refractivity contribution in [3.8, 4) is 0 Å². The van der Waals surface area contributed by atoms with Crippen LogP contribution in [0.25, 0.3) is 0 Å². The van der Waals surface area contributed by atoms with Gasteiger partial charge in [0.25, 0.3) is 0 Å². The monoisotopic (exact) mass is 281 g/mol. The summed E-state index contributed by atoms with van der Waals surface area (Å²) in [7, 11) is 1.93. The molecule has 0 saturated heterocycles. The zero-order valence-electron chi connectivity index (χ0n) is 11.9. The molecular weight excluding hydrogens is 262 g/mol. The van der Waals surface area contributed by atoms with Gasteiger partial charge in [-0.3, -0.25) is 9.36 Å². The first kappa shape index (κ1) is 13.9. The zero-order valence-corrected chi connectivity index (χ0v) is 12.6. The number of hydrogen-bond donors (Lipinski definition) is 1. The molecule has 0 radical (unpaired) electrons. The Labute approximate surface area is 118 Å². The Bertz CT molecular complexity index is 570. The van der Waals surface area contributed by atoms with Gasteiger partial charge in [0.15, 0.2) is 0 Å². The van der Waals surface area contributed by atoms with E-state index in [1.807, 2.05) is 29.5 Å². The van der Waals surface area contributed by atoms with Gasteiger partial charge in [0.1, 0.15) is 0 Å². The van der Waals surface area contributed by atoms with Gasteiger partial charge in [-0.25, -0.2) is 0 Å². The molecule has 0 bridgehead atoms. The van der Waals surface area contributed by atoms with Crippen LogP contribution in [0.3, 0.4) is 0 Å². The molecule has 0 fully saturated rings. The lowest BCUT2D eigenvalue weighted by atomic mass is 10.3. The molecule has 5 nitrogen and oxygen atoms in total. The van der Waals surface area contributed by atoms with Crippen molar-refractivity contribution in [1.82, 2.24) is 19.6 Å². The zero-order chi connectivity index (χ0) is 14.0. The molecule has 0 spiro atoms. The van der Waals surface area contributed by atoms with Crippen molar-refractivity contribution in [2.24, 2.45) is 7.05 Å². The van der Waals surface area contributed by atoms with E-state index in [-0.39, 0.29) is 0 Å². The Balaban J connectivity index is 2.18. The fourth-order valence-electron chi connectivity index (χ4n) is 2.16. The second-order valence-electron chi connectivity index (χ2n) is 4.53. The van der Waals surface area contributed by atoms with Crippen molar-refractivity contribution in [3.05, 3.63) is 28.3 Å². The fraction of sp³-hybridized carbons (Fsp3) is 0.538. The Morgan fingerprint density at radius 1 is 1.32 bits per heavy atom. The SMILES string of the molecule is CCc1nn(C)cc1NCc1c(Cl)c(C)nn1CC. The molecule has 19 heavy (non-hydrogen) atoms. The summed E-state index contributed by atoms with van der Waals surface area (Å²) in [6, 6.07) is 0. The van der Waals surface area contributed by atoms with Gasteiger partial charge in [0.2, 0.25) is 0 Å². The first-order valence-electron chi connectivity index (χ1n) is 6.54. The van der Waals surface area contributed by atoms with Gasteiger partial charge in [-0.1, -0.05) is 18.5 Å². The lowest BCUT2D eigenvalue weighted by molar-refractivity contribution is 0.623. The maximum atomic E-state index is 6.29. The Morgan fingerprint density at radius 3 is 2.68 bits per heavy atom. The first-order chi connectivity index (χ1) is 9.06. The summed E-state index contributed by atoms with van der Waals surface area (Å²) in [5.41, 5.74) is 4.02. The van der Waals surface area contributed by atoms with Crippen LogP contribution in [-0.2, 0) is 26.6 Å². The van der Waals surface area contributed by atoms with E-state index in [9.17, 15) is 0 Å². The molecule has 0 atom stereocenters. The average molecular weight is 282 g/mol. The Morgan fingerprint density at radius 2 is 2.05 bits per heavy atom. The van der Waals surface area contributed by atoms with Gasteiger partial charge in [0.05, 0.1) is 34.3 Å². The van der Waals surface area contributed by atoms with Crippen molar-refractivity contribution in [3.63, 3.8) is 0 Å². The smallest absolute Gasteiger partial charge is 0.0865 e. The van der Waals surface area contributed by atoms with Crippen LogP contribution in [0.15, 0.2) is 6.20 Å². The number of rotatable bonds is 5. The molecule has 1 N–H and O–H groups in total. The van der Waals surface area contributed by atoms with E-state index < -0.39 is 0 Å². The summed E-state index contributed by atoms with van der Waals surface area (Å²) in [6.45, 7) is 7.57. The van der Waals surface area contributed by atoms with E-state index in [0.717, 1.165) is 40.8 Å². The molecule has 2 rings (SSSR count). The third-order valence-electron chi connectivity index (χ3n) is 3.14. The molecule has 0 amide bonds. The van der Waals surface area contributed by atoms with E-state index in [4.69, 9.17) is 11.6 Å². The van der Waals surface area contributed by atoms with Crippen molar-refractivity contribution < 1.29 is 0 Å². The molecule has 104 valence electrons. The van der Waals surface area contributed by atoms with E-state index >= 15 is 0 Å². The van der Waals surface area contributed by atoms with Crippen LogP contribution in [0.1, 0.15) is 30.9 Å².